The lowest BCUT2D eigenvalue weighted by molar-refractivity contribution is 0.122. The first kappa shape index (κ1) is 14.8. The molecule has 0 unspecified atom stereocenters. The number of nitrogens with zero attached hydrogens (tertiary/aromatic N) is 4. The van der Waals surface area contributed by atoms with Crippen LogP contribution in [0.1, 0.15) is 5.56 Å². The minimum absolute atomic E-state index is 0.486. The molecule has 0 radical (unpaired) electrons. The Labute approximate surface area is 140 Å². The molecule has 0 bridgehead atoms. The zero-order valence-electron chi connectivity index (χ0n) is 13.5. The fourth-order valence-electron chi connectivity index (χ4n) is 2.74. The van der Waals surface area contributed by atoms with Gasteiger partial charge in [-0.1, -0.05) is 35.0 Å². The van der Waals surface area contributed by atoms with Gasteiger partial charge in [0, 0.05) is 24.8 Å². The van der Waals surface area contributed by atoms with E-state index < -0.39 is 0 Å². The van der Waals surface area contributed by atoms with Crippen molar-refractivity contribution in [1.29, 1.82) is 0 Å². The zero-order valence-corrected chi connectivity index (χ0v) is 13.5. The Bertz CT molecular complexity index is 823. The van der Waals surface area contributed by atoms with Gasteiger partial charge in [0.1, 0.15) is 5.82 Å². The summed E-state index contributed by atoms with van der Waals surface area (Å²) in [6.45, 7) is 5.07. The molecule has 0 atom stereocenters. The van der Waals surface area contributed by atoms with E-state index in [0.717, 1.165) is 30.0 Å². The lowest BCUT2D eigenvalue weighted by atomic mass is 10.1. The number of morpholine rings is 1. The summed E-state index contributed by atoms with van der Waals surface area (Å²) in [5, 5.41) is 4.12. The van der Waals surface area contributed by atoms with Crippen molar-refractivity contribution >= 4 is 5.82 Å². The first-order valence-corrected chi connectivity index (χ1v) is 8.00. The zero-order chi connectivity index (χ0) is 16.4. The Morgan fingerprint density at radius 3 is 2.62 bits per heavy atom. The van der Waals surface area contributed by atoms with Crippen LogP contribution in [0, 0.1) is 6.92 Å². The van der Waals surface area contributed by atoms with Gasteiger partial charge in [-0.2, -0.15) is 4.98 Å². The molecule has 6 heteroatoms. The van der Waals surface area contributed by atoms with E-state index >= 15 is 0 Å². The Kier molecular flexibility index (Phi) is 3.96. The first-order chi connectivity index (χ1) is 11.8. The summed E-state index contributed by atoms with van der Waals surface area (Å²) in [4.78, 5) is 11.3. The maximum absolute atomic E-state index is 5.51. The third kappa shape index (κ3) is 2.88. The normalized spacial score (nSPS) is 14.8. The summed E-state index contributed by atoms with van der Waals surface area (Å²) in [6, 6.07) is 11.9. The minimum atomic E-state index is 0.486. The first-order valence-electron chi connectivity index (χ1n) is 8.00. The molecule has 1 saturated heterocycles. The molecule has 1 aromatic carbocycles. The number of benzene rings is 1. The SMILES string of the molecule is Cc1ccc(-c2noc(-c3cccnc3N3CCOCC3)n2)cc1. The molecular weight excluding hydrogens is 304 g/mol. The van der Waals surface area contributed by atoms with Gasteiger partial charge in [0.15, 0.2) is 0 Å². The van der Waals surface area contributed by atoms with Crippen molar-refractivity contribution in [1.82, 2.24) is 15.1 Å². The van der Waals surface area contributed by atoms with Gasteiger partial charge in [0.2, 0.25) is 5.82 Å². The van der Waals surface area contributed by atoms with E-state index in [1.54, 1.807) is 6.20 Å². The van der Waals surface area contributed by atoms with Gasteiger partial charge in [-0.3, -0.25) is 0 Å². The van der Waals surface area contributed by atoms with E-state index in [9.17, 15) is 0 Å². The van der Waals surface area contributed by atoms with Crippen molar-refractivity contribution in [2.45, 2.75) is 6.92 Å². The molecule has 2 aromatic heterocycles. The smallest absolute Gasteiger partial charge is 0.261 e. The Morgan fingerprint density at radius 1 is 1.04 bits per heavy atom. The predicted molar refractivity (Wildman–Crippen MR) is 90.7 cm³/mol. The molecule has 0 N–H and O–H groups in total. The Hall–Kier alpha value is -2.73. The topological polar surface area (TPSA) is 64.3 Å². The molecular formula is C18H18N4O2. The molecule has 1 aliphatic heterocycles. The molecule has 3 aromatic rings. The van der Waals surface area contributed by atoms with Crippen LogP contribution in [0.3, 0.4) is 0 Å². The van der Waals surface area contributed by atoms with Crippen molar-refractivity contribution in [3.63, 3.8) is 0 Å². The van der Waals surface area contributed by atoms with Crippen molar-refractivity contribution in [2.75, 3.05) is 31.2 Å². The van der Waals surface area contributed by atoms with E-state index in [2.05, 4.69) is 26.9 Å². The second-order valence-corrected chi connectivity index (χ2v) is 5.76. The summed E-state index contributed by atoms with van der Waals surface area (Å²) in [5.74, 6) is 1.93. The molecule has 0 amide bonds. The summed E-state index contributed by atoms with van der Waals surface area (Å²) < 4.78 is 10.9. The molecule has 4 rings (SSSR count). The van der Waals surface area contributed by atoms with Crippen LogP contribution < -0.4 is 4.90 Å². The van der Waals surface area contributed by atoms with E-state index in [4.69, 9.17) is 9.26 Å². The number of pyridine rings is 1. The molecule has 0 saturated carbocycles. The van der Waals surface area contributed by atoms with E-state index in [1.807, 2.05) is 36.4 Å². The molecule has 1 fully saturated rings. The highest BCUT2D eigenvalue weighted by Crippen LogP contribution is 2.29. The third-order valence-corrected chi connectivity index (χ3v) is 4.06. The Morgan fingerprint density at radius 2 is 1.83 bits per heavy atom. The van der Waals surface area contributed by atoms with E-state index in [0.29, 0.717) is 24.9 Å². The average molecular weight is 322 g/mol. The molecule has 0 aliphatic carbocycles. The third-order valence-electron chi connectivity index (χ3n) is 4.06. The van der Waals surface area contributed by atoms with Gasteiger partial charge in [-0.15, -0.1) is 0 Å². The van der Waals surface area contributed by atoms with Gasteiger partial charge in [0.25, 0.3) is 5.89 Å². The quantitative estimate of drug-likeness (QED) is 0.739. The fraction of sp³-hybridized carbons (Fsp3) is 0.278. The fourth-order valence-corrected chi connectivity index (χ4v) is 2.74. The number of hydrogen-bond donors (Lipinski definition) is 0. The van der Waals surface area contributed by atoms with Crippen molar-refractivity contribution < 1.29 is 9.26 Å². The molecule has 3 heterocycles. The highest BCUT2D eigenvalue weighted by atomic mass is 16.5. The van der Waals surface area contributed by atoms with Gasteiger partial charge in [-0.05, 0) is 19.1 Å². The summed E-state index contributed by atoms with van der Waals surface area (Å²) in [5.41, 5.74) is 2.99. The lowest BCUT2D eigenvalue weighted by Gasteiger charge is -2.28. The maximum atomic E-state index is 5.51. The summed E-state index contributed by atoms with van der Waals surface area (Å²) in [6.07, 6.45) is 1.78. The Balaban J connectivity index is 1.68. The van der Waals surface area contributed by atoms with Crippen LogP contribution in [-0.2, 0) is 4.74 Å². The van der Waals surface area contributed by atoms with Crippen molar-refractivity contribution in [3.05, 3.63) is 48.2 Å². The van der Waals surface area contributed by atoms with Crippen molar-refractivity contribution in [3.8, 4) is 22.8 Å². The van der Waals surface area contributed by atoms with Gasteiger partial charge in [0.05, 0.1) is 18.8 Å². The number of anilines is 1. The number of aryl methyl sites for hydroxylation is 1. The minimum Gasteiger partial charge on any atom is -0.378 e. The predicted octanol–water partition coefficient (Wildman–Crippen LogP) is 2.94. The second-order valence-electron chi connectivity index (χ2n) is 5.76. The van der Waals surface area contributed by atoms with E-state index in [-0.39, 0.29) is 0 Å². The van der Waals surface area contributed by atoms with Crippen LogP contribution in [0.2, 0.25) is 0 Å². The van der Waals surface area contributed by atoms with Crippen LogP contribution in [-0.4, -0.2) is 41.4 Å². The van der Waals surface area contributed by atoms with Crippen LogP contribution in [0.5, 0.6) is 0 Å². The maximum Gasteiger partial charge on any atom is 0.261 e. The molecule has 6 nitrogen and oxygen atoms in total. The van der Waals surface area contributed by atoms with Crippen LogP contribution in [0.15, 0.2) is 47.1 Å². The van der Waals surface area contributed by atoms with Crippen LogP contribution in [0.25, 0.3) is 22.8 Å². The van der Waals surface area contributed by atoms with E-state index in [1.165, 1.54) is 5.56 Å². The van der Waals surface area contributed by atoms with Crippen molar-refractivity contribution in [2.24, 2.45) is 0 Å². The summed E-state index contributed by atoms with van der Waals surface area (Å²) in [7, 11) is 0. The standard InChI is InChI=1S/C18H18N4O2/c1-13-4-6-14(7-5-13)16-20-18(24-21-16)15-3-2-8-19-17(15)22-9-11-23-12-10-22/h2-8H,9-12H2,1H3. The number of rotatable bonds is 3. The molecule has 0 spiro atoms. The highest BCUT2D eigenvalue weighted by molar-refractivity contribution is 5.71. The number of aromatic nitrogens is 3. The lowest BCUT2D eigenvalue weighted by Crippen LogP contribution is -2.37. The number of ether oxygens (including phenoxy) is 1. The monoisotopic (exact) mass is 322 g/mol. The number of hydrogen-bond acceptors (Lipinski definition) is 6. The summed E-state index contributed by atoms with van der Waals surface area (Å²) >= 11 is 0. The largest absolute Gasteiger partial charge is 0.378 e. The molecule has 24 heavy (non-hydrogen) atoms. The van der Waals surface area contributed by atoms with Crippen LogP contribution in [0.4, 0.5) is 5.82 Å². The average Bonchev–Trinajstić information content (AvgIpc) is 3.13. The molecule has 1 aliphatic rings. The second kappa shape index (κ2) is 6.41. The molecule has 122 valence electrons. The van der Waals surface area contributed by atoms with Crippen LogP contribution >= 0.6 is 0 Å². The van der Waals surface area contributed by atoms with Gasteiger partial charge >= 0.3 is 0 Å². The van der Waals surface area contributed by atoms with Gasteiger partial charge in [-0.25, -0.2) is 4.98 Å². The highest BCUT2D eigenvalue weighted by Gasteiger charge is 2.20. The van der Waals surface area contributed by atoms with Gasteiger partial charge < -0.3 is 14.2 Å².